The minimum Gasteiger partial charge on any atom is -0.383 e. The molecule has 0 aliphatic carbocycles. The van der Waals surface area contributed by atoms with Crippen LogP contribution in [0.15, 0.2) is 9.59 Å². The second-order valence-electron chi connectivity index (χ2n) is 4.77. The zero-order valence-electron chi connectivity index (χ0n) is 11.5. The van der Waals surface area contributed by atoms with Gasteiger partial charge in [-0.2, -0.15) is 11.8 Å². The molecule has 1 aliphatic rings. The molecule has 2 rings (SSSR count). The van der Waals surface area contributed by atoms with Crippen LogP contribution in [0.5, 0.6) is 0 Å². The third-order valence-electron chi connectivity index (χ3n) is 3.35. The minimum atomic E-state index is -0.508. The van der Waals surface area contributed by atoms with Crippen LogP contribution in [0.3, 0.4) is 0 Å². The summed E-state index contributed by atoms with van der Waals surface area (Å²) >= 11 is 1.91. The van der Waals surface area contributed by atoms with Gasteiger partial charge in [-0.1, -0.05) is 0 Å². The summed E-state index contributed by atoms with van der Waals surface area (Å²) in [6.45, 7) is 1.36. The zero-order valence-corrected chi connectivity index (χ0v) is 12.3. The monoisotopic (exact) mass is 300 g/mol. The highest BCUT2D eigenvalue weighted by Crippen LogP contribution is 2.23. The zero-order chi connectivity index (χ0) is 14.5. The topological polar surface area (TPSA) is 102 Å². The van der Waals surface area contributed by atoms with Crippen LogP contribution < -0.4 is 22.3 Å². The number of aromatic amines is 1. The Labute approximate surface area is 120 Å². The van der Waals surface area contributed by atoms with Crippen molar-refractivity contribution in [2.45, 2.75) is 13.0 Å². The van der Waals surface area contributed by atoms with E-state index in [1.165, 1.54) is 4.57 Å². The Morgan fingerprint density at radius 3 is 3.00 bits per heavy atom. The largest absolute Gasteiger partial charge is 0.383 e. The van der Waals surface area contributed by atoms with Crippen molar-refractivity contribution in [2.75, 3.05) is 42.8 Å². The molecule has 0 spiro atoms. The average Bonchev–Trinajstić information content (AvgIpc) is 2.91. The van der Waals surface area contributed by atoms with Crippen molar-refractivity contribution < 1.29 is 4.74 Å². The van der Waals surface area contributed by atoms with E-state index in [2.05, 4.69) is 10.3 Å². The van der Waals surface area contributed by atoms with Gasteiger partial charge in [-0.15, -0.1) is 0 Å². The van der Waals surface area contributed by atoms with Crippen molar-refractivity contribution in [1.29, 1.82) is 0 Å². The number of nitrogens with two attached hydrogens (primary N) is 1. The van der Waals surface area contributed by atoms with Crippen molar-refractivity contribution in [2.24, 2.45) is 5.92 Å². The molecule has 2 heterocycles. The second kappa shape index (κ2) is 6.85. The van der Waals surface area contributed by atoms with Gasteiger partial charge in [0.15, 0.2) is 0 Å². The summed E-state index contributed by atoms with van der Waals surface area (Å²) in [5.74, 6) is 2.96. The lowest BCUT2D eigenvalue weighted by molar-refractivity contribution is 0.186. The number of H-pyrrole nitrogens is 1. The lowest BCUT2D eigenvalue weighted by Crippen LogP contribution is -2.35. The first-order valence-corrected chi connectivity index (χ1v) is 7.72. The van der Waals surface area contributed by atoms with Gasteiger partial charge in [0.2, 0.25) is 0 Å². The summed E-state index contributed by atoms with van der Waals surface area (Å²) in [5, 5.41) is 3.08. The van der Waals surface area contributed by atoms with Crippen LogP contribution in [0, 0.1) is 5.92 Å². The van der Waals surface area contributed by atoms with E-state index in [-0.39, 0.29) is 11.5 Å². The minimum absolute atomic E-state index is 0.168. The molecule has 0 saturated carbocycles. The molecule has 1 aromatic rings. The molecule has 1 fully saturated rings. The number of hydrogen-bond donors (Lipinski definition) is 3. The summed E-state index contributed by atoms with van der Waals surface area (Å²) in [4.78, 5) is 25.8. The number of thioether (sulfide) groups is 1. The van der Waals surface area contributed by atoms with E-state index in [1.54, 1.807) is 7.11 Å². The molecule has 0 radical (unpaired) electrons. The van der Waals surface area contributed by atoms with Crippen LogP contribution in [0.1, 0.15) is 6.42 Å². The van der Waals surface area contributed by atoms with Crippen molar-refractivity contribution in [3.8, 4) is 0 Å². The Bertz CT molecular complexity index is 563. The summed E-state index contributed by atoms with van der Waals surface area (Å²) in [6.07, 6.45) is 1.14. The normalized spacial score (nSPS) is 18.4. The molecule has 1 atom stereocenters. The van der Waals surface area contributed by atoms with Gasteiger partial charge in [-0.05, 0) is 23.8 Å². The van der Waals surface area contributed by atoms with Gasteiger partial charge in [0.25, 0.3) is 5.56 Å². The van der Waals surface area contributed by atoms with Gasteiger partial charge in [-0.25, -0.2) is 4.79 Å². The number of anilines is 2. The summed E-state index contributed by atoms with van der Waals surface area (Å²) in [5.41, 5.74) is 5.23. The molecule has 0 aromatic carbocycles. The maximum atomic E-state index is 11.8. The fourth-order valence-electron chi connectivity index (χ4n) is 2.15. The van der Waals surface area contributed by atoms with Crippen molar-refractivity contribution >= 4 is 23.3 Å². The highest BCUT2D eigenvalue weighted by Gasteiger charge is 2.17. The van der Waals surface area contributed by atoms with Gasteiger partial charge in [-0.3, -0.25) is 14.3 Å². The highest BCUT2D eigenvalue weighted by atomic mass is 32.2. The van der Waals surface area contributed by atoms with E-state index < -0.39 is 11.2 Å². The SMILES string of the molecule is COCCn1c(N)c(NCC2CCSC2)c(=O)[nH]c1=O. The van der Waals surface area contributed by atoms with E-state index in [0.717, 1.165) is 17.9 Å². The Morgan fingerprint density at radius 1 is 1.55 bits per heavy atom. The van der Waals surface area contributed by atoms with Gasteiger partial charge < -0.3 is 15.8 Å². The van der Waals surface area contributed by atoms with Gasteiger partial charge in [0, 0.05) is 13.7 Å². The number of aromatic nitrogens is 2. The number of hydrogen-bond acceptors (Lipinski definition) is 6. The van der Waals surface area contributed by atoms with Crippen LogP contribution >= 0.6 is 11.8 Å². The fraction of sp³-hybridized carbons (Fsp3) is 0.667. The van der Waals surface area contributed by atoms with Crippen molar-refractivity contribution in [1.82, 2.24) is 9.55 Å². The van der Waals surface area contributed by atoms with Crippen LogP contribution in [-0.2, 0) is 11.3 Å². The molecule has 1 saturated heterocycles. The van der Waals surface area contributed by atoms with Gasteiger partial charge >= 0.3 is 5.69 Å². The number of nitrogen functional groups attached to an aromatic ring is 1. The van der Waals surface area contributed by atoms with Crippen LogP contribution in [-0.4, -0.2) is 41.3 Å². The first-order valence-electron chi connectivity index (χ1n) is 6.56. The Kier molecular flexibility index (Phi) is 5.13. The van der Waals surface area contributed by atoms with Crippen LogP contribution in [0.2, 0.25) is 0 Å². The number of rotatable bonds is 6. The third-order valence-corrected chi connectivity index (χ3v) is 4.58. The summed E-state index contributed by atoms with van der Waals surface area (Å²) in [7, 11) is 1.55. The number of methoxy groups -OCH3 is 1. The Balaban J connectivity index is 2.18. The number of nitrogens with one attached hydrogen (secondary N) is 2. The lowest BCUT2D eigenvalue weighted by Gasteiger charge is -2.15. The first kappa shape index (κ1) is 15.0. The fourth-order valence-corrected chi connectivity index (χ4v) is 3.44. The van der Waals surface area contributed by atoms with E-state index in [1.807, 2.05) is 11.8 Å². The predicted molar refractivity (Wildman–Crippen MR) is 81.5 cm³/mol. The van der Waals surface area contributed by atoms with Crippen molar-refractivity contribution in [3.05, 3.63) is 20.8 Å². The Morgan fingerprint density at radius 2 is 2.35 bits per heavy atom. The molecule has 112 valence electrons. The standard InChI is InChI=1S/C12H20N4O3S/c1-19-4-3-16-10(13)9(11(17)15-12(16)18)14-6-8-2-5-20-7-8/h8,14H,2-7,13H2,1H3,(H,15,17,18). The third kappa shape index (κ3) is 3.37. The van der Waals surface area contributed by atoms with Gasteiger partial charge in [0.1, 0.15) is 11.5 Å². The summed E-state index contributed by atoms with van der Waals surface area (Å²) in [6, 6.07) is 0. The number of ether oxygens (including phenoxy) is 1. The van der Waals surface area contributed by atoms with Crippen LogP contribution in [0.4, 0.5) is 11.5 Å². The molecule has 8 heteroatoms. The van der Waals surface area contributed by atoms with Crippen LogP contribution in [0.25, 0.3) is 0 Å². The second-order valence-corrected chi connectivity index (χ2v) is 5.92. The maximum Gasteiger partial charge on any atom is 0.330 e. The molecule has 0 bridgehead atoms. The van der Waals surface area contributed by atoms with E-state index in [0.29, 0.717) is 25.6 Å². The molecule has 1 unspecified atom stereocenters. The molecule has 1 aliphatic heterocycles. The molecule has 0 amide bonds. The molecular formula is C12H20N4O3S. The predicted octanol–water partition coefficient (Wildman–Crippen LogP) is -0.0698. The van der Waals surface area contributed by atoms with Crippen molar-refractivity contribution in [3.63, 3.8) is 0 Å². The molecule has 7 nitrogen and oxygen atoms in total. The van der Waals surface area contributed by atoms with E-state index in [4.69, 9.17) is 10.5 Å². The highest BCUT2D eigenvalue weighted by molar-refractivity contribution is 7.99. The average molecular weight is 300 g/mol. The van der Waals surface area contributed by atoms with E-state index >= 15 is 0 Å². The molecule has 1 aromatic heterocycles. The smallest absolute Gasteiger partial charge is 0.330 e. The van der Waals surface area contributed by atoms with E-state index in [9.17, 15) is 9.59 Å². The quantitative estimate of drug-likeness (QED) is 0.680. The Hall–Kier alpha value is -1.41. The molecular weight excluding hydrogens is 280 g/mol. The lowest BCUT2D eigenvalue weighted by atomic mass is 10.1. The summed E-state index contributed by atoms with van der Waals surface area (Å²) < 4.78 is 6.25. The maximum absolute atomic E-state index is 11.8. The number of nitrogens with zero attached hydrogens (tertiary/aromatic N) is 1. The molecule has 4 N–H and O–H groups in total. The van der Waals surface area contributed by atoms with Gasteiger partial charge in [0.05, 0.1) is 13.2 Å². The first-order chi connectivity index (χ1) is 9.63. The molecule has 20 heavy (non-hydrogen) atoms.